The Kier molecular flexibility index (Phi) is 5.80. The largest absolute Gasteiger partial charge is 0.477 e. The van der Waals surface area contributed by atoms with Gasteiger partial charge in [-0.25, -0.2) is 5.43 Å². The van der Waals surface area contributed by atoms with E-state index in [-0.39, 0.29) is 18.0 Å². The van der Waals surface area contributed by atoms with E-state index in [0.717, 1.165) is 18.4 Å². The Bertz CT molecular complexity index is 893. The highest BCUT2D eigenvalue weighted by atomic mass is 16.6. The highest BCUT2D eigenvalue weighted by Crippen LogP contribution is 2.25. The fraction of sp³-hybridized carbons (Fsp3) is 0.300. The number of amides is 1. The minimum absolute atomic E-state index is 0.0491. The molecular formula is C20H21N3O4. The number of carbonyl (C=O) groups excluding carboxylic acids is 1. The lowest BCUT2D eigenvalue weighted by molar-refractivity contribution is -0.385. The molecule has 0 radical (unpaired) electrons. The van der Waals surface area contributed by atoms with Gasteiger partial charge in [0, 0.05) is 6.07 Å². The van der Waals surface area contributed by atoms with Crippen molar-refractivity contribution in [2.75, 3.05) is 6.61 Å². The van der Waals surface area contributed by atoms with E-state index in [1.54, 1.807) is 6.07 Å². The molecule has 0 atom stereocenters. The molecule has 0 bridgehead atoms. The van der Waals surface area contributed by atoms with Gasteiger partial charge >= 0.3 is 5.69 Å². The Morgan fingerprint density at radius 3 is 2.70 bits per heavy atom. The number of nitro benzene ring substituents is 1. The van der Waals surface area contributed by atoms with Crippen LogP contribution < -0.4 is 10.2 Å². The van der Waals surface area contributed by atoms with Crippen molar-refractivity contribution in [1.82, 2.24) is 5.43 Å². The third-order valence-corrected chi connectivity index (χ3v) is 4.54. The molecule has 27 heavy (non-hydrogen) atoms. The van der Waals surface area contributed by atoms with Crippen LogP contribution in [0.1, 0.15) is 36.5 Å². The Morgan fingerprint density at radius 1 is 1.19 bits per heavy atom. The number of benzene rings is 2. The van der Waals surface area contributed by atoms with Gasteiger partial charge in [0.1, 0.15) is 0 Å². The van der Waals surface area contributed by atoms with Crippen LogP contribution in [0.5, 0.6) is 5.75 Å². The first-order chi connectivity index (χ1) is 13.0. The van der Waals surface area contributed by atoms with Crippen LogP contribution in [0.2, 0.25) is 0 Å². The summed E-state index contributed by atoms with van der Waals surface area (Å²) in [5, 5.41) is 15.1. The maximum atomic E-state index is 12.0. The number of hydrogen-bond acceptors (Lipinski definition) is 5. The minimum atomic E-state index is -0.550. The van der Waals surface area contributed by atoms with Crippen LogP contribution in [0.15, 0.2) is 47.6 Å². The van der Waals surface area contributed by atoms with Crippen molar-refractivity contribution in [1.29, 1.82) is 0 Å². The number of para-hydroxylation sites is 2. The van der Waals surface area contributed by atoms with Crippen molar-refractivity contribution < 1.29 is 14.5 Å². The summed E-state index contributed by atoms with van der Waals surface area (Å²) >= 11 is 0. The average Bonchev–Trinajstić information content (AvgIpc) is 2.70. The summed E-state index contributed by atoms with van der Waals surface area (Å²) in [7, 11) is 0. The molecule has 2 aromatic carbocycles. The molecule has 0 aromatic heterocycles. The van der Waals surface area contributed by atoms with E-state index in [0.29, 0.717) is 5.71 Å². The number of fused-ring (bicyclic) bond motifs is 1. The second-order valence-electron chi connectivity index (χ2n) is 6.44. The van der Waals surface area contributed by atoms with Crippen molar-refractivity contribution in [2.24, 2.45) is 5.10 Å². The van der Waals surface area contributed by atoms with Crippen molar-refractivity contribution >= 4 is 17.3 Å². The molecule has 0 saturated carbocycles. The zero-order valence-electron chi connectivity index (χ0n) is 15.1. The Hall–Kier alpha value is -3.22. The fourth-order valence-corrected chi connectivity index (χ4v) is 3.07. The first kappa shape index (κ1) is 18.6. The molecule has 140 valence electrons. The normalized spacial score (nSPS) is 13.6. The molecule has 0 fully saturated rings. The van der Waals surface area contributed by atoms with E-state index in [9.17, 15) is 14.9 Å². The van der Waals surface area contributed by atoms with E-state index in [2.05, 4.69) is 22.7 Å². The van der Waals surface area contributed by atoms with Crippen LogP contribution in [-0.2, 0) is 17.6 Å². The molecule has 7 heteroatoms. The van der Waals surface area contributed by atoms with Crippen LogP contribution in [-0.4, -0.2) is 23.1 Å². The van der Waals surface area contributed by atoms with E-state index >= 15 is 0 Å². The van der Waals surface area contributed by atoms with Gasteiger partial charge in [-0.3, -0.25) is 14.9 Å². The summed E-state index contributed by atoms with van der Waals surface area (Å²) in [6.45, 7) is 1.47. The van der Waals surface area contributed by atoms with E-state index in [1.165, 1.54) is 42.2 Å². The zero-order chi connectivity index (χ0) is 19.2. The molecule has 0 unspecified atom stereocenters. The van der Waals surface area contributed by atoms with Crippen molar-refractivity contribution in [3.05, 3.63) is 69.3 Å². The molecule has 0 spiro atoms. The maximum absolute atomic E-state index is 12.0. The summed E-state index contributed by atoms with van der Waals surface area (Å²) in [5.74, 6) is -0.432. The fourth-order valence-electron chi connectivity index (χ4n) is 3.07. The lowest BCUT2D eigenvalue weighted by Gasteiger charge is -2.16. The number of ether oxygens (including phenoxy) is 1. The van der Waals surface area contributed by atoms with Gasteiger partial charge < -0.3 is 4.74 Å². The Morgan fingerprint density at radius 2 is 1.93 bits per heavy atom. The van der Waals surface area contributed by atoms with Crippen LogP contribution in [0, 0.1) is 10.1 Å². The van der Waals surface area contributed by atoms with Crippen molar-refractivity contribution in [2.45, 2.75) is 32.6 Å². The first-order valence-corrected chi connectivity index (χ1v) is 8.86. The molecule has 0 saturated heterocycles. The van der Waals surface area contributed by atoms with Gasteiger partial charge in [-0.1, -0.05) is 24.3 Å². The number of aryl methyl sites for hydroxylation is 2. The predicted molar refractivity (Wildman–Crippen MR) is 102 cm³/mol. The van der Waals surface area contributed by atoms with Crippen LogP contribution in [0.25, 0.3) is 0 Å². The van der Waals surface area contributed by atoms with Crippen LogP contribution in [0.3, 0.4) is 0 Å². The van der Waals surface area contributed by atoms with Gasteiger partial charge in [0.15, 0.2) is 12.4 Å². The number of carbonyl (C=O) groups is 1. The lowest BCUT2D eigenvalue weighted by atomic mass is 9.90. The number of hydrogen-bond donors (Lipinski definition) is 1. The van der Waals surface area contributed by atoms with Gasteiger partial charge in [0.2, 0.25) is 0 Å². The third kappa shape index (κ3) is 4.69. The standard InChI is InChI=1S/C20H21N3O4/c1-14(16-11-10-15-6-2-3-7-17(15)12-16)21-22-20(24)13-27-19-9-5-4-8-18(19)23(25)26/h4-5,8-12H,2-3,6-7,13H2,1H3,(H,22,24)/b21-14+. The molecule has 1 aliphatic carbocycles. The molecule has 2 aromatic rings. The number of nitro groups is 1. The Labute approximate surface area is 157 Å². The van der Waals surface area contributed by atoms with Gasteiger partial charge in [-0.05, 0) is 61.4 Å². The number of rotatable bonds is 6. The quantitative estimate of drug-likeness (QED) is 0.481. The number of nitrogens with one attached hydrogen (secondary N) is 1. The molecule has 1 amide bonds. The summed E-state index contributed by atoms with van der Waals surface area (Å²) in [6, 6.07) is 12.2. The molecule has 3 rings (SSSR count). The monoisotopic (exact) mass is 367 g/mol. The topological polar surface area (TPSA) is 93.8 Å². The van der Waals surface area contributed by atoms with Gasteiger partial charge in [-0.2, -0.15) is 5.10 Å². The Balaban J connectivity index is 1.59. The highest BCUT2D eigenvalue weighted by Gasteiger charge is 2.15. The van der Waals surface area contributed by atoms with Crippen LogP contribution >= 0.6 is 0 Å². The number of hydrazone groups is 1. The number of nitrogens with zero attached hydrogens (tertiary/aromatic N) is 2. The molecular weight excluding hydrogens is 346 g/mol. The SMILES string of the molecule is C/C(=N\NC(=O)COc1ccccc1[N+](=O)[O-])c1ccc2c(c1)CCCC2. The summed E-state index contributed by atoms with van der Waals surface area (Å²) in [4.78, 5) is 22.3. The van der Waals surface area contributed by atoms with Crippen molar-refractivity contribution in [3.63, 3.8) is 0 Å². The molecule has 0 aliphatic heterocycles. The van der Waals surface area contributed by atoms with E-state index in [1.807, 2.05) is 13.0 Å². The summed E-state index contributed by atoms with van der Waals surface area (Å²) in [6.07, 6.45) is 4.62. The van der Waals surface area contributed by atoms with Crippen LogP contribution in [0.4, 0.5) is 5.69 Å². The third-order valence-electron chi connectivity index (χ3n) is 4.54. The molecule has 1 aliphatic rings. The molecule has 7 nitrogen and oxygen atoms in total. The smallest absolute Gasteiger partial charge is 0.310 e. The first-order valence-electron chi connectivity index (χ1n) is 8.86. The lowest BCUT2D eigenvalue weighted by Crippen LogP contribution is -2.25. The van der Waals surface area contributed by atoms with Crippen molar-refractivity contribution in [3.8, 4) is 5.75 Å². The molecule has 0 heterocycles. The van der Waals surface area contributed by atoms with Gasteiger partial charge in [-0.15, -0.1) is 0 Å². The van der Waals surface area contributed by atoms with Gasteiger partial charge in [0.25, 0.3) is 5.91 Å². The maximum Gasteiger partial charge on any atom is 0.310 e. The predicted octanol–water partition coefficient (Wildman–Crippen LogP) is 3.39. The van der Waals surface area contributed by atoms with Gasteiger partial charge in [0.05, 0.1) is 10.6 Å². The summed E-state index contributed by atoms with van der Waals surface area (Å²) in [5.41, 5.74) is 6.65. The van der Waals surface area contributed by atoms with E-state index < -0.39 is 10.8 Å². The molecule has 1 N–H and O–H groups in total. The second kappa shape index (κ2) is 8.44. The average molecular weight is 367 g/mol. The minimum Gasteiger partial charge on any atom is -0.477 e. The second-order valence-corrected chi connectivity index (χ2v) is 6.44. The summed E-state index contributed by atoms with van der Waals surface area (Å²) < 4.78 is 5.25. The van der Waals surface area contributed by atoms with E-state index in [4.69, 9.17) is 4.74 Å². The highest BCUT2D eigenvalue weighted by molar-refractivity contribution is 5.99. The zero-order valence-corrected chi connectivity index (χ0v) is 15.1.